The molecule has 98 valence electrons. The number of nitrogens with one attached hydrogen (secondary N) is 1. The minimum atomic E-state index is -0.289. The summed E-state index contributed by atoms with van der Waals surface area (Å²) in [5, 5.41) is 2.88. The van der Waals surface area contributed by atoms with Gasteiger partial charge in [-0.15, -0.1) is 0 Å². The van der Waals surface area contributed by atoms with Crippen LogP contribution in [0.4, 0.5) is 9.18 Å². The van der Waals surface area contributed by atoms with Gasteiger partial charge in [-0.3, -0.25) is 0 Å². The fourth-order valence-corrected chi connectivity index (χ4v) is 1.94. The van der Waals surface area contributed by atoms with Gasteiger partial charge in [-0.1, -0.05) is 0 Å². The highest BCUT2D eigenvalue weighted by Gasteiger charge is 2.34. The number of rotatable bonds is 4. The van der Waals surface area contributed by atoms with Gasteiger partial charge in [0.1, 0.15) is 18.2 Å². The van der Waals surface area contributed by atoms with E-state index in [0.29, 0.717) is 25.4 Å². The van der Waals surface area contributed by atoms with Crippen molar-refractivity contribution in [1.82, 2.24) is 10.2 Å². The number of nitrogens with zero attached hydrogens (tertiary/aromatic N) is 1. The van der Waals surface area contributed by atoms with E-state index in [1.54, 1.807) is 17.0 Å². The van der Waals surface area contributed by atoms with Crippen LogP contribution in [0.25, 0.3) is 0 Å². The molecule has 0 atom stereocenters. The first-order valence-corrected chi connectivity index (χ1v) is 5.92. The first kappa shape index (κ1) is 12.7. The molecule has 18 heavy (non-hydrogen) atoms. The summed E-state index contributed by atoms with van der Waals surface area (Å²) in [5.74, 6) is 0.318. The second kappa shape index (κ2) is 4.84. The van der Waals surface area contributed by atoms with Crippen molar-refractivity contribution in [3.63, 3.8) is 0 Å². The van der Waals surface area contributed by atoms with E-state index in [1.165, 1.54) is 12.1 Å². The quantitative estimate of drug-likeness (QED) is 0.890. The molecule has 1 aliphatic rings. The van der Waals surface area contributed by atoms with Crippen molar-refractivity contribution in [2.45, 2.75) is 19.4 Å². The van der Waals surface area contributed by atoms with Crippen LogP contribution in [0.3, 0.4) is 0 Å². The molecule has 2 rings (SSSR count). The molecule has 1 aliphatic heterocycles. The fourth-order valence-electron chi connectivity index (χ4n) is 1.94. The summed E-state index contributed by atoms with van der Waals surface area (Å²) in [6.45, 7) is 5.54. The molecular weight excluding hydrogens is 235 g/mol. The number of amides is 2. The third-order valence-electron chi connectivity index (χ3n) is 2.76. The summed E-state index contributed by atoms with van der Waals surface area (Å²) >= 11 is 0. The Balaban J connectivity index is 1.79. The van der Waals surface area contributed by atoms with Gasteiger partial charge in [-0.05, 0) is 38.1 Å². The second-order valence-corrected chi connectivity index (χ2v) is 5.04. The lowest BCUT2D eigenvalue weighted by Crippen LogP contribution is -2.36. The van der Waals surface area contributed by atoms with Crippen LogP contribution >= 0.6 is 0 Å². The van der Waals surface area contributed by atoms with Crippen LogP contribution in [0.2, 0.25) is 0 Å². The first-order chi connectivity index (χ1) is 8.46. The highest BCUT2D eigenvalue weighted by Crippen LogP contribution is 2.15. The molecule has 2 amide bonds. The average Bonchev–Trinajstić information content (AvgIpc) is 2.55. The lowest BCUT2D eigenvalue weighted by molar-refractivity contribution is 0.202. The molecule has 0 aliphatic carbocycles. The molecule has 0 aromatic heterocycles. The number of ether oxygens (including phenoxy) is 1. The Kier molecular flexibility index (Phi) is 3.41. The van der Waals surface area contributed by atoms with Crippen molar-refractivity contribution in [3.05, 3.63) is 30.1 Å². The molecule has 1 N–H and O–H groups in total. The number of hydrogen-bond acceptors (Lipinski definition) is 2. The zero-order valence-electron chi connectivity index (χ0n) is 10.6. The van der Waals surface area contributed by atoms with E-state index in [2.05, 4.69) is 5.32 Å². The number of carbonyl (C=O) groups is 1. The summed E-state index contributed by atoms with van der Waals surface area (Å²) in [6.07, 6.45) is 0. The maximum absolute atomic E-state index is 12.7. The molecule has 1 fully saturated rings. The highest BCUT2D eigenvalue weighted by atomic mass is 19.1. The van der Waals surface area contributed by atoms with Crippen molar-refractivity contribution < 1.29 is 13.9 Å². The SMILES string of the molecule is CC1(C)CN(CCOc2ccc(F)cc2)C(=O)N1. The van der Waals surface area contributed by atoms with Crippen molar-refractivity contribution in [2.24, 2.45) is 0 Å². The third-order valence-corrected chi connectivity index (χ3v) is 2.76. The van der Waals surface area contributed by atoms with E-state index in [9.17, 15) is 9.18 Å². The average molecular weight is 252 g/mol. The normalized spacial score (nSPS) is 17.7. The minimum absolute atomic E-state index is 0.0669. The van der Waals surface area contributed by atoms with Crippen LogP contribution in [0, 0.1) is 5.82 Å². The molecule has 1 aromatic carbocycles. The van der Waals surface area contributed by atoms with Gasteiger partial charge in [0.05, 0.1) is 12.1 Å². The van der Waals surface area contributed by atoms with Crippen LogP contribution in [0.1, 0.15) is 13.8 Å². The fraction of sp³-hybridized carbons (Fsp3) is 0.462. The first-order valence-electron chi connectivity index (χ1n) is 5.92. The van der Waals surface area contributed by atoms with E-state index in [0.717, 1.165) is 0 Å². The van der Waals surface area contributed by atoms with Gasteiger partial charge in [0, 0.05) is 6.54 Å². The summed E-state index contributed by atoms with van der Waals surface area (Å²) in [7, 11) is 0. The molecule has 0 radical (unpaired) electrons. The molecule has 0 unspecified atom stereocenters. The Morgan fingerprint density at radius 2 is 2.06 bits per heavy atom. The van der Waals surface area contributed by atoms with Gasteiger partial charge >= 0.3 is 6.03 Å². The summed E-state index contributed by atoms with van der Waals surface area (Å²) < 4.78 is 18.1. The van der Waals surface area contributed by atoms with Crippen LogP contribution in [-0.4, -0.2) is 36.2 Å². The highest BCUT2D eigenvalue weighted by molar-refractivity contribution is 5.77. The largest absolute Gasteiger partial charge is 0.492 e. The molecule has 1 heterocycles. The van der Waals surface area contributed by atoms with Crippen LogP contribution in [-0.2, 0) is 0 Å². The van der Waals surface area contributed by atoms with E-state index in [4.69, 9.17) is 4.74 Å². The van der Waals surface area contributed by atoms with Gasteiger partial charge in [0.2, 0.25) is 0 Å². The minimum Gasteiger partial charge on any atom is -0.492 e. The van der Waals surface area contributed by atoms with E-state index >= 15 is 0 Å². The predicted molar refractivity (Wildman–Crippen MR) is 66.1 cm³/mol. The third kappa shape index (κ3) is 3.12. The van der Waals surface area contributed by atoms with Gasteiger partial charge in [-0.2, -0.15) is 0 Å². The van der Waals surface area contributed by atoms with Gasteiger partial charge in [0.15, 0.2) is 0 Å². The standard InChI is InChI=1S/C13H17FN2O2/c1-13(2)9-16(12(17)15-13)7-8-18-11-5-3-10(14)4-6-11/h3-6H,7-9H2,1-2H3,(H,15,17). The Hall–Kier alpha value is -1.78. The molecule has 0 spiro atoms. The van der Waals surface area contributed by atoms with Crippen molar-refractivity contribution in [1.29, 1.82) is 0 Å². The molecule has 0 saturated carbocycles. The van der Waals surface area contributed by atoms with Crippen molar-refractivity contribution in [3.8, 4) is 5.75 Å². The Labute approximate surface area is 106 Å². The summed E-state index contributed by atoms with van der Waals surface area (Å²) in [4.78, 5) is 13.3. The monoisotopic (exact) mass is 252 g/mol. The van der Waals surface area contributed by atoms with Crippen molar-refractivity contribution in [2.75, 3.05) is 19.7 Å². The van der Waals surface area contributed by atoms with E-state index in [1.807, 2.05) is 13.8 Å². The number of halogens is 1. The number of hydrogen-bond donors (Lipinski definition) is 1. The summed E-state index contributed by atoms with van der Waals surface area (Å²) in [5.41, 5.74) is -0.188. The zero-order valence-corrected chi connectivity index (χ0v) is 10.6. The second-order valence-electron chi connectivity index (χ2n) is 5.04. The van der Waals surface area contributed by atoms with Crippen LogP contribution in [0.5, 0.6) is 5.75 Å². The Bertz CT molecular complexity index is 431. The molecule has 0 bridgehead atoms. The Morgan fingerprint density at radius 1 is 1.39 bits per heavy atom. The van der Waals surface area contributed by atoms with Gasteiger partial charge in [-0.25, -0.2) is 9.18 Å². The lowest BCUT2D eigenvalue weighted by Gasteiger charge is -2.17. The topological polar surface area (TPSA) is 41.6 Å². The summed E-state index contributed by atoms with van der Waals surface area (Å²) in [6, 6.07) is 5.77. The van der Waals surface area contributed by atoms with Crippen LogP contribution in [0.15, 0.2) is 24.3 Å². The maximum atomic E-state index is 12.7. The molecule has 5 heteroatoms. The number of carbonyl (C=O) groups excluding carboxylic acids is 1. The number of urea groups is 1. The zero-order chi connectivity index (χ0) is 13.2. The predicted octanol–water partition coefficient (Wildman–Crippen LogP) is 2.01. The molecular formula is C13H17FN2O2. The smallest absolute Gasteiger partial charge is 0.318 e. The van der Waals surface area contributed by atoms with Crippen molar-refractivity contribution >= 4 is 6.03 Å². The molecule has 4 nitrogen and oxygen atoms in total. The van der Waals surface area contributed by atoms with E-state index in [-0.39, 0.29) is 17.4 Å². The number of benzene rings is 1. The maximum Gasteiger partial charge on any atom is 0.318 e. The van der Waals surface area contributed by atoms with Crippen LogP contribution < -0.4 is 10.1 Å². The van der Waals surface area contributed by atoms with Gasteiger partial charge in [0.25, 0.3) is 0 Å². The van der Waals surface area contributed by atoms with E-state index < -0.39 is 0 Å². The lowest BCUT2D eigenvalue weighted by atomic mass is 10.1. The van der Waals surface area contributed by atoms with Gasteiger partial charge < -0.3 is 15.0 Å². The molecule has 1 aromatic rings. The molecule has 1 saturated heterocycles. The Morgan fingerprint density at radius 3 is 2.61 bits per heavy atom.